The van der Waals surface area contributed by atoms with E-state index in [1.165, 1.54) is 52.0 Å². The highest BCUT2D eigenvalue weighted by Crippen LogP contribution is 2.43. The summed E-state index contributed by atoms with van der Waals surface area (Å²) in [4.78, 5) is 178. The first-order valence-corrected chi connectivity index (χ1v) is 44.3. The average Bonchev–Trinajstić information content (AvgIpc) is 1.70. The van der Waals surface area contributed by atoms with Crippen molar-refractivity contribution in [3.8, 4) is 0 Å². The molecule has 4 heterocycles. The van der Waals surface area contributed by atoms with Crippen molar-refractivity contribution in [2.45, 2.75) is 157 Å². The van der Waals surface area contributed by atoms with Crippen molar-refractivity contribution in [2.75, 3.05) is 114 Å². The van der Waals surface area contributed by atoms with Crippen molar-refractivity contribution in [3.63, 3.8) is 0 Å². The third-order valence-corrected chi connectivity index (χ3v) is 25.5. The molecule has 2 aromatic rings. The third kappa shape index (κ3) is 29.7. The van der Waals surface area contributed by atoms with E-state index in [4.69, 9.17) is 11.5 Å². The number of thioether (sulfide) groups is 3. The van der Waals surface area contributed by atoms with Crippen LogP contribution in [0.1, 0.15) is 107 Å². The Morgan fingerprint density at radius 2 is 1.19 bits per heavy atom. The molecule has 4 aliphatic rings. The summed E-state index contributed by atoms with van der Waals surface area (Å²) in [7, 11) is -11.9. The van der Waals surface area contributed by atoms with E-state index >= 15 is 0 Å². The van der Waals surface area contributed by atoms with Gasteiger partial charge in [0.05, 0.1) is 25.0 Å². The van der Waals surface area contributed by atoms with Gasteiger partial charge in [-0.15, -0.1) is 0 Å². The molecule has 3 fully saturated rings. The van der Waals surface area contributed by atoms with Crippen LogP contribution in [0.25, 0.3) is 0 Å². The van der Waals surface area contributed by atoms with E-state index in [9.17, 15) is 91.6 Å². The molecule has 16 N–H and O–H groups in total. The van der Waals surface area contributed by atoms with Gasteiger partial charge < -0.3 is 83.2 Å². The Labute approximate surface area is 613 Å². The molecule has 6 rings (SSSR count). The molecule has 10 amide bonds. The predicted octanol–water partition coefficient (Wildman–Crippen LogP) is -0.230. The summed E-state index contributed by atoms with van der Waals surface area (Å²) in [5.74, 6) is -5.68. The van der Waals surface area contributed by atoms with E-state index in [0.717, 1.165) is 29.5 Å². The zero-order valence-electron chi connectivity index (χ0n) is 58.5. The Balaban J connectivity index is 1.22. The number of rotatable bonds is 28. The summed E-state index contributed by atoms with van der Waals surface area (Å²) in [6, 6.07) is 5.26. The number of primary amides is 2. The van der Waals surface area contributed by atoms with Crippen LogP contribution in [0.2, 0.25) is 0 Å². The first-order valence-electron chi connectivity index (χ1n) is 34.7. The summed E-state index contributed by atoms with van der Waals surface area (Å²) >= 11 is 4.12. The zero-order valence-corrected chi connectivity index (χ0v) is 63.7. The van der Waals surface area contributed by atoms with Crippen molar-refractivity contribution in [1.29, 1.82) is 0 Å². The van der Waals surface area contributed by atoms with Gasteiger partial charge in [0.15, 0.2) is 0 Å². The molecule has 3 saturated heterocycles. The summed E-state index contributed by atoms with van der Waals surface area (Å²) < 4.78 is 38.6. The number of nitrogens with zero attached hydrogens (tertiary/aromatic N) is 5. The highest BCUT2D eigenvalue weighted by atomic mass is 32.2. The summed E-state index contributed by atoms with van der Waals surface area (Å²) in [6.07, 6.45) is -2.57. The highest BCUT2D eigenvalue weighted by Gasteiger charge is 2.45. The van der Waals surface area contributed by atoms with E-state index < -0.39 is 143 Å². The fourth-order valence-electron chi connectivity index (χ4n) is 12.4. The first-order chi connectivity index (χ1) is 48.9. The molecule has 0 spiro atoms. The first kappa shape index (κ1) is 86.4. The highest BCUT2D eigenvalue weighted by molar-refractivity contribution is 7.99. The van der Waals surface area contributed by atoms with Gasteiger partial charge in [0.1, 0.15) is 55.0 Å². The molecule has 2 aromatic carbocycles. The molecule has 103 heavy (non-hydrogen) atoms. The lowest BCUT2D eigenvalue weighted by Crippen LogP contribution is -2.61. The minimum Gasteiger partial charge on any atom is -0.391 e. The van der Waals surface area contributed by atoms with Gasteiger partial charge in [-0.05, 0) is 67.7 Å². The molecule has 576 valence electrons. The maximum atomic E-state index is 14.9. The molecule has 0 saturated carbocycles. The Morgan fingerprint density at radius 3 is 1.76 bits per heavy atom. The van der Waals surface area contributed by atoms with Crippen LogP contribution in [0, 0.1) is 0 Å². The largest absolute Gasteiger partial charge is 0.391 e. The van der Waals surface area contributed by atoms with Gasteiger partial charge in [-0.2, -0.15) is 35.3 Å². The molecule has 2 bridgehead atoms. The van der Waals surface area contributed by atoms with E-state index in [1.807, 2.05) is 25.1 Å². The molecule has 11 atom stereocenters. The molecule has 4 unspecified atom stereocenters. The second-order valence-corrected chi connectivity index (χ2v) is 36.7. The number of fused-ring (bicyclic) bond motifs is 4. The topological polar surface area (TPSA) is 484 Å². The average molecular weight is 1560 g/mol. The third-order valence-electron chi connectivity index (χ3n) is 17.9. The van der Waals surface area contributed by atoms with Gasteiger partial charge in [0.2, 0.25) is 81.2 Å². The van der Waals surface area contributed by atoms with Crippen molar-refractivity contribution < 1.29 is 91.6 Å². The van der Waals surface area contributed by atoms with Crippen LogP contribution in [-0.2, 0) is 85.3 Å². The van der Waals surface area contributed by atoms with E-state index in [2.05, 4.69) is 31.9 Å². The molecule has 38 heteroatoms. The number of carbonyl (C=O) groups is 10. The van der Waals surface area contributed by atoms with Crippen LogP contribution < -0.4 is 43.4 Å². The normalized spacial score (nSPS) is 24.6. The number of nitrogens with one attached hydrogen (secondary N) is 6. The second-order valence-electron chi connectivity index (χ2n) is 26.6. The molecular weight excluding hydrogens is 1460 g/mol. The van der Waals surface area contributed by atoms with E-state index in [1.54, 1.807) is 45.0 Å². The smallest absolute Gasteiger partial charge is 0.246 e. The maximum Gasteiger partial charge on any atom is 0.246 e. The molecular formula is C65H104N13O19P3S3. The van der Waals surface area contributed by atoms with Gasteiger partial charge in [-0.25, -0.2) is 0 Å². The SMILES string of the molecule is CCCCCC(=O)N[C@H]1CSCc2cc(CSCCNC(=O)CCP(=O)(O)CN3CCN(CP(=O)(O)CO)CCN(CP(=O)(O)CO)CC3)cc(c2)CSCC(C(N)=O)NC(=O)[C@H](Cc2ccccc2)NC(=O)[C@H](CCC(N)=O)NC(=O)[C@H]([C@@H](C)O)NC(=O)[C@@H]2CCCN2C(=O)[C@@H]2CCCN2C1=O. The fourth-order valence-corrected chi connectivity index (χ4v) is 18.8. The van der Waals surface area contributed by atoms with Crippen molar-refractivity contribution in [3.05, 3.63) is 70.8 Å². The number of unbranched alkanes of at least 4 members (excludes halogenated alkanes) is 2. The summed E-state index contributed by atoms with van der Waals surface area (Å²) in [5.41, 5.74) is 14.5. The fraction of sp³-hybridized carbons (Fsp3) is 0.662. The number of benzene rings is 2. The predicted molar refractivity (Wildman–Crippen MR) is 393 cm³/mol. The number of amides is 10. The molecule has 32 nitrogen and oxygen atoms in total. The number of aliphatic hydroxyl groups is 3. The van der Waals surface area contributed by atoms with Crippen LogP contribution in [0.3, 0.4) is 0 Å². The van der Waals surface area contributed by atoms with Gasteiger partial charge in [0.25, 0.3) is 0 Å². The quantitative estimate of drug-likeness (QED) is 0.0386. The van der Waals surface area contributed by atoms with Crippen LogP contribution in [0.5, 0.6) is 0 Å². The Kier molecular flexibility index (Phi) is 35.9. The Morgan fingerprint density at radius 1 is 0.641 bits per heavy atom. The van der Waals surface area contributed by atoms with Crippen molar-refractivity contribution in [1.82, 2.24) is 56.4 Å². The number of hydrogen-bond donors (Lipinski definition) is 14. The molecule has 0 aromatic heterocycles. The summed E-state index contributed by atoms with van der Waals surface area (Å²) in [6.45, 7) is 4.74. The number of nitrogens with two attached hydrogens (primary N) is 2. The van der Waals surface area contributed by atoms with Crippen LogP contribution in [0.15, 0.2) is 48.5 Å². The maximum absolute atomic E-state index is 14.9. The lowest BCUT2D eigenvalue weighted by atomic mass is 10.0. The molecule has 0 aliphatic carbocycles. The molecule has 0 radical (unpaired) electrons. The van der Waals surface area contributed by atoms with Gasteiger partial charge >= 0.3 is 0 Å². The number of aliphatic hydroxyl groups excluding tert-OH is 3. The van der Waals surface area contributed by atoms with Crippen molar-refractivity contribution >= 4 is 116 Å². The summed E-state index contributed by atoms with van der Waals surface area (Å²) in [5, 5.41) is 46.1. The van der Waals surface area contributed by atoms with Gasteiger partial charge in [-0.3, -0.25) is 76.3 Å². The number of hydrogen-bond acceptors (Lipinski definition) is 22. The zero-order chi connectivity index (χ0) is 75.4. The monoisotopic (exact) mass is 1560 g/mol. The van der Waals surface area contributed by atoms with Crippen LogP contribution >= 0.6 is 57.4 Å². The number of carbonyl (C=O) groups excluding carboxylic acids is 10. The van der Waals surface area contributed by atoms with Gasteiger partial charge in [-0.1, -0.05) is 68.3 Å². The van der Waals surface area contributed by atoms with E-state index in [0.29, 0.717) is 42.1 Å². The Bertz CT molecular complexity index is 3340. The second kappa shape index (κ2) is 42.8. The minimum atomic E-state index is -4.01. The van der Waals surface area contributed by atoms with Crippen LogP contribution in [-0.4, -0.2) is 276 Å². The van der Waals surface area contributed by atoms with Crippen molar-refractivity contribution in [2.24, 2.45) is 11.5 Å². The minimum absolute atomic E-state index is 0.0492. The Hall–Kier alpha value is -5.48. The lowest BCUT2D eigenvalue weighted by Gasteiger charge is -2.33. The van der Waals surface area contributed by atoms with E-state index in [-0.39, 0.29) is 146 Å². The lowest BCUT2D eigenvalue weighted by molar-refractivity contribution is -0.148. The van der Waals surface area contributed by atoms with Gasteiger partial charge in [0, 0.05) is 125 Å². The molecule has 4 aliphatic heterocycles. The standard InChI is InChI=1S/C65H104N13O19P3S3/c1-3-4-6-15-57(84)69-52-38-103-36-48-31-46(34-101-29-19-68-56(83)18-28-98(92,93)39-74-22-24-75(40-99(94,95)42-79)26-27-76(25-23-74)41-100(96,97)43-80)30-47(32-48)35-102-37-51(59(67)85)72-61(87)50(33-45-11-7-5-8-12-45)71-60(86)49(16-17-55(66)82)70-63(89)58(44(2)81)73-62(88)53-13-9-20-77(53)65(91)54-14-10-21-78(54)64(52)90/h5,7-8,11-12,30-32,44,49-54,58,79-81H,3-4,6,9-10,13-29,33-43H2,1-2H3,(H2,66,82)(H2,67,85)(H,68,83)(H,69,84)(H,70,89)(H,71,86)(H,72,87)(H,73,88)(H,92,93)(H,94,95)(H,96,97)/t44-,49+,50+,51?,52+,53+,54+,58+/m1/s1. The van der Waals surface area contributed by atoms with Crippen LogP contribution in [0.4, 0.5) is 0 Å².